The molecule has 4 heteroatoms. The molecule has 1 aliphatic rings. The third kappa shape index (κ3) is 3.11. The van der Waals surface area contributed by atoms with Gasteiger partial charge in [0.05, 0.1) is 12.2 Å². The number of hydrogen-bond acceptors (Lipinski definition) is 2. The molecule has 0 aromatic carbocycles. The molecule has 0 aliphatic carbocycles. The average molecular weight is 261 g/mol. The molecule has 0 fully saturated rings. The minimum atomic E-state index is 0.0889. The van der Waals surface area contributed by atoms with Crippen molar-refractivity contribution in [3.8, 4) is 0 Å². The summed E-state index contributed by atoms with van der Waals surface area (Å²) in [5.74, 6) is 1.17. The molecule has 0 N–H and O–H groups in total. The lowest BCUT2D eigenvalue weighted by Gasteiger charge is -2.42. The summed E-state index contributed by atoms with van der Waals surface area (Å²) in [5.41, 5.74) is 1.61. The molecule has 0 radical (unpaired) electrons. The minimum Gasteiger partial charge on any atom is -0.494 e. The second kappa shape index (κ2) is 4.83. The van der Waals surface area contributed by atoms with Crippen molar-refractivity contribution >= 4 is 17.3 Å². The van der Waals surface area contributed by atoms with Crippen molar-refractivity contribution in [2.45, 2.75) is 41.5 Å². The normalized spacial score (nSPS) is 19.6. The highest BCUT2D eigenvalue weighted by Crippen LogP contribution is 2.46. The zero-order valence-corrected chi connectivity index (χ0v) is 13.5. The monoisotopic (exact) mass is 261 g/mol. The highest BCUT2D eigenvalue weighted by atomic mass is 32.0. The van der Waals surface area contributed by atoms with E-state index in [-0.39, 0.29) is 10.8 Å². The van der Waals surface area contributed by atoms with Crippen molar-refractivity contribution in [3.05, 3.63) is 11.5 Å². The lowest BCUT2D eigenvalue weighted by Crippen LogP contribution is -2.36. The zero-order chi connectivity index (χ0) is 12.6. The number of ether oxygens (including phenoxy) is 1. The van der Waals surface area contributed by atoms with E-state index >= 15 is 0 Å². The molecule has 94 valence electrons. The van der Waals surface area contributed by atoms with E-state index in [9.17, 15) is 0 Å². The molecule has 1 heterocycles. The Balaban J connectivity index is 3.26. The number of rotatable bonds is 1. The summed E-state index contributed by atoms with van der Waals surface area (Å²) < 4.78 is 8.40. The maximum atomic E-state index is 5.95. The summed E-state index contributed by atoms with van der Waals surface area (Å²) in [7, 11) is 3.59. The molecular weight excluding hydrogens is 236 g/mol. The van der Waals surface area contributed by atoms with Gasteiger partial charge in [-0.3, -0.25) is 0 Å². The summed E-state index contributed by atoms with van der Waals surface area (Å²) in [6, 6.07) is 0. The highest BCUT2D eigenvalue weighted by Gasteiger charge is 2.35. The van der Waals surface area contributed by atoms with E-state index in [2.05, 4.69) is 55.1 Å². The molecule has 0 amide bonds. The number of allylic oxidation sites excluding steroid dienone is 2. The minimum absolute atomic E-state index is 0.0889. The highest BCUT2D eigenvalue weighted by molar-refractivity contribution is 8.01. The molecule has 0 aromatic heterocycles. The molecular formula is C12H25NOP2. The lowest BCUT2D eigenvalue weighted by molar-refractivity contribution is 0.0972. The Morgan fingerprint density at radius 2 is 1.69 bits per heavy atom. The van der Waals surface area contributed by atoms with Gasteiger partial charge < -0.3 is 9.41 Å². The third-order valence-electron chi connectivity index (χ3n) is 2.59. The van der Waals surface area contributed by atoms with Gasteiger partial charge in [-0.05, 0) is 8.42 Å². The molecule has 0 aromatic rings. The van der Waals surface area contributed by atoms with Crippen molar-refractivity contribution in [3.63, 3.8) is 0 Å². The first kappa shape index (κ1) is 14.3. The maximum absolute atomic E-state index is 5.95. The van der Waals surface area contributed by atoms with Crippen LogP contribution in [-0.2, 0) is 4.74 Å². The molecule has 2 unspecified atom stereocenters. The van der Waals surface area contributed by atoms with E-state index in [1.165, 1.54) is 11.5 Å². The van der Waals surface area contributed by atoms with Crippen LogP contribution in [0.1, 0.15) is 41.5 Å². The van der Waals surface area contributed by atoms with Gasteiger partial charge >= 0.3 is 0 Å². The Labute approximate surface area is 104 Å². The van der Waals surface area contributed by atoms with Gasteiger partial charge in [0, 0.05) is 10.8 Å². The van der Waals surface area contributed by atoms with E-state index in [1.54, 1.807) is 0 Å². The van der Waals surface area contributed by atoms with E-state index in [0.717, 1.165) is 21.6 Å². The Bertz CT molecular complexity index is 286. The smallest absolute Gasteiger partial charge is 0.121 e. The lowest BCUT2D eigenvalue weighted by atomic mass is 9.83. The van der Waals surface area contributed by atoms with Crippen LogP contribution in [0, 0.1) is 10.8 Å². The number of hydrogen-bond donors (Lipinski definition) is 0. The van der Waals surface area contributed by atoms with Crippen LogP contribution < -0.4 is 0 Å². The Morgan fingerprint density at radius 1 is 1.12 bits per heavy atom. The van der Waals surface area contributed by atoms with Gasteiger partial charge in [0.1, 0.15) is 12.4 Å². The predicted octanol–water partition coefficient (Wildman–Crippen LogP) is 4.01. The Morgan fingerprint density at radius 3 is 2.06 bits per heavy atom. The standard InChI is InChI=1S/C12H25NOP2/c1-11(2,3)9-10(12(4,5)6)14-8-7-13(9)16-15/h16H,7-8,15H2,1-6H3. The fraction of sp³-hybridized carbons (Fsp3) is 0.833. The summed E-state index contributed by atoms with van der Waals surface area (Å²) in [6.07, 6.45) is 0. The van der Waals surface area contributed by atoms with Gasteiger partial charge in [-0.2, -0.15) is 0 Å². The number of nitrogens with zero attached hydrogens (tertiary/aromatic N) is 1. The fourth-order valence-electron chi connectivity index (χ4n) is 1.99. The van der Waals surface area contributed by atoms with Crippen LogP contribution in [0.2, 0.25) is 0 Å². The Hall–Kier alpha value is 0.200. The van der Waals surface area contributed by atoms with Crippen molar-refractivity contribution in [1.29, 1.82) is 0 Å². The first-order valence-corrected chi connectivity index (χ1v) is 8.55. The van der Waals surface area contributed by atoms with Gasteiger partial charge in [0.25, 0.3) is 0 Å². The van der Waals surface area contributed by atoms with Crippen LogP contribution in [0.3, 0.4) is 0 Å². The largest absolute Gasteiger partial charge is 0.494 e. The van der Waals surface area contributed by atoms with Crippen molar-refractivity contribution < 1.29 is 4.74 Å². The second-order valence-electron chi connectivity index (χ2n) is 6.31. The van der Waals surface area contributed by atoms with Gasteiger partial charge in [-0.25, -0.2) is 0 Å². The molecule has 2 nitrogen and oxygen atoms in total. The fourth-order valence-corrected chi connectivity index (χ4v) is 3.55. The molecule has 0 saturated heterocycles. The first-order chi connectivity index (χ1) is 7.18. The second-order valence-corrected chi connectivity index (χ2v) is 7.88. The van der Waals surface area contributed by atoms with Gasteiger partial charge in [-0.1, -0.05) is 50.5 Å². The predicted molar refractivity (Wildman–Crippen MR) is 76.6 cm³/mol. The first-order valence-electron chi connectivity index (χ1n) is 5.79. The zero-order valence-electron chi connectivity index (χ0n) is 11.3. The van der Waals surface area contributed by atoms with E-state index in [4.69, 9.17) is 4.74 Å². The quantitative estimate of drug-likeness (QED) is 0.661. The van der Waals surface area contributed by atoms with Crippen LogP contribution in [0.25, 0.3) is 0 Å². The van der Waals surface area contributed by atoms with Crippen LogP contribution >= 0.6 is 17.3 Å². The molecule has 1 aliphatic heterocycles. The van der Waals surface area contributed by atoms with Gasteiger partial charge in [0.2, 0.25) is 0 Å². The van der Waals surface area contributed by atoms with Crippen LogP contribution in [0.4, 0.5) is 0 Å². The van der Waals surface area contributed by atoms with E-state index in [0.29, 0.717) is 0 Å². The van der Waals surface area contributed by atoms with Crippen LogP contribution in [-0.4, -0.2) is 17.8 Å². The van der Waals surface area contributed by atoms with Gasteiger partial charge in [0.15, 0.2) is 0 Å². The van der Waals surface area contributed by atoms with Crippen molar-refractivity contribution in [2.75, 3.05) is 13.2 Å². The Kier molecular flexibility index (Phi) is 4.30. The summed E-state index contributed by atoms with van der Waals surface area (Å²) in [4.78, 5) is 0. The van der Waals surface area contributed by atoms with Crippen LogP contribution in [0.5, 0.6) is 0 Å². The summed E-state index contributed by atoms with van der Waals surface area (Å²) >= 11 is 0. The topological polar surface area (TPSA) is 12.5 Å². The van der Waals surface area contributed by atoms with Crippen LogP contribution in [0.15, 0.2) is 11.5 Å². The van der Waals surface area contributed by atoms with Crippen molar-refractivity contribution in [2.24, 2.45) is 10.8 Å². The molecule has 16 heavy (non-hydrogen) atoms. The molecule has 1 rings (SSSR count). The van der Waals surface area contributed by atoms with Gasteiger partial charge in [-0.15, -0.1) is 0 Å². The summed E-state index contributed by atoms with van der Waals surface area (Å²) in [5, 5.41) is 0. The SMILES string of the molecule is CC(C)(C)C1=C(C(C)(C)C)N(PP)CCO1. The molecule has 0 saturated carbocycles. The third-order valence-corrected chi connectivity index (χ3v) is 4.29. The average Bonchev–Trinajstić information content (AvgIpc) is 2.13. The van der Waals surface area contributed by atoms with Crippen molar-refractivity contribution in [1.82, 2.24) is 4.67 Å². The van der Waals surface area contributed by atoms with E-state index in [1.807, 2.05) is 0 Å². The maximum Gasteiger partial charge on any atom is 0.121 e. The molecule has 2 atom stereocenters. The van der Waals surface area contributed by atoms with E-state index < -0.39 is 0 Å². The molecule has 0 bridgehead atoms. The molecule has 0 spiro atoms. The summed E-state index contributed by atoms with van der Waals surface area (Å²) in [6.45, 7) is 15.3.